The first-order valence-corrected chi connectivity index (χ1v) is 16.2. The highest BCUT2D eigenvalue weighted by Gasteiger charge is 2.41. The number of allylic oxidation sites excluding steroid dienone is 1. The van der Waals surface area contributed by atoms with Crippen molar-refractivity contribution in [2.24, 2.45) is 5.92 Å². The summed E-state index contributed by atoms with van der Waals surface area (Å²) in [5, 5.41) is 0. The Morgan fingerprint density at radius 3 is 1.24 bits per heavy atom. The molecule has 0 saturated carbocycles. The minimum atomic E-state index is -3.62. The number of ether oxygens (including phenoxy) is 2. The molecule has 6 rings (SSSR count). The molecule has 0 bridgehead atoms. The summed E-state index contributed by atoms with van der Waals surface area (Å²) in [6, 6.07) is 35.2. The van der Waals surface area contributed by atoms with Gasteiger partial charge in [-0.3, -0.25) is 0 Å². The minimum absolute atomic E-state index is 0.0276. The molecule has 2 nitrogen and oxygen atoms in total. The van der Waals surface area contributed by atoms with Crippen molar-refractivity contribution in [2.75, 3.05) is 0 Å². The molecule has 0 aliphatic heterocycles. The van der Waals surface area contributed by atoms with E-state index in [9.17, 15) is 22.0 Å². The van der Waals surface area contributed by atoms with Gasteiger partial charge in [-0.25, -0.2) is 4.39 Å². The van der Waals surface area contributed by atoms with Crippen molar-refractivity contribution < 1.29 is 31.4 Å². The van der Waals surface area contributed by atoms with E-state index >= 15 is 0 Å². The van der Waals surface area contributed by atoms with E-state index in [4.69, 9.17) is 9.47 Å². The molecule has 0 N–H and O–H groups in total. The van der Waals surface area contributed by atoms with Crippen LogP contribution in [0.15, 0.2) is 133 Å². The van der Waals surface area contributed by atoms with Gasteiger partial charge < -0.3 is 9.47 Å². The highest BCUT2D eigenvalue weighted by atomic mass is 19.3. The van der Waals surface area contributed by atoms with Gasteiger partial charge in [-0.2, -0.15) is 17.6 Å². The maximum Gasteiger partial charge on any atom is 0.426 e. The number of rotatable bonds is 8. The Hall–Kier alpha value is -4.91. The predicted octanol–water partition coefficient (Wildman–Crippen LogP) is 12.8. The van der Waals surface area contributed by atoms with E-state index in [1.165, 1.54) is 29.8 Å². The summed E-state index contributed by atoms with van der Waals surface area (Å²) in [5.41, 5.74) is 6.49. The van der Waals surface area contributed by atoms with E-state index in [0.29, 0.717) is 6.42 Å². The van der Waals surface area contributed by atoms with Crippen LogP contribution in [0.25, 0.3) is 22.3 Å². The van der Waals surface area contributed by atoms with Crippen LogP contribution in [0.2, 0.25) is 0 Å². The van der Waals surface area contributed by atoms with Crippen LogP contribution >= 0.6 is 0 Å². The first-order valence-electron chi connectivity index (χ1n) is 16.2. The molecule has 5 aromatic rings. The summed E-state index contributed by atoms with van der Waals surface area (Å²) in [6.45, 7) is 7.74. The van der Waals surface area contributed by atoms with Gasteiger partial charge in [-0.15, -0.1) is 0 Å². The summed E-state index contributed by atoms with van der Waals surface area (Å²) in [6.07, 6.45) is -6.34. The lowest BCUT2D eigenvalue weighted by molar-refractivity contribution is -0.185. The van der Waals surface area contributed by atoms with Gasteiger partial charge in [-0.05, 0) is 98.2 Å². The summed E-state index contributed by atoms with van der Waals surface area (Å²) < 4.78 is 80.7. The zero-order valence-corrected chi connectivity index (χ0v) is 28.0. The van der Waals surface area contributed by atoms with Gasteiger partial charge in [0, 0.05) is 6.42 Å². The standard InChI is InChI=1S/C21H21F3O.C21H18F2O/c1-14-3-6-16(7-4-14)17-8-10-18(11-9-17)25-21(23,24)19-12-5-15(2)13-20(19)22;1-15-3-7-17(8-4-15)18-9-13-20(14-10-18)24-21(22,23)19-11-5-16(2)6-12-19/h3-4,6-11,15H,5,12-13H2,1-2H3;3-14H,1-2H3. The van der Waals surface area contributed by atoms with Crippen LogP contribution in [0, 0.1) is 26.7 Å². The number of hydrogen-bond acceptors (Lipinski definition) is 2. The van der Waals surface area contributed by atoms with Crippen LogP contribution < -0.4 is 9.47 Å². The minimum Gasteiger partial charge on any atom is -0.429 e. The lowest BCUT2D eigenvalue weighted by Gasteiger charge is -2.26. The normalized spacial score (nSPS) is 14.9. The van der Waals surface area contributed by atoms with Gasteiger partial charge in [0.25, 0.3) is 0 Å². The number of hydrogen-bond donors (Lipinski definition) is 0. The Bertz CT molecular complexity index is 1840. The molecule has 0 saturated heterocycles. The SMILES string of the molecule is Cc1ccc(-c2ccc(OC(F)(F)C3=C(F)CC(C)CC3)cc2)cc1.Cc1ccc(-c2ccc(OC(F)(F)c3ccc(C)cc3)cc2)cc1. The molecule has 5 aromatic carbocycles. The monoisotopic (exact) mass is 670 g/mol. The van der Waals surface area contributed by atoms with E-state index in [-0.39, 0.29) is 35.8 Å². The van der Waals surface area contributed by atoms with Gasteiger partial charge >= 0.3 is 12.2 Å². The molecule has 1 atom stereocenters. The second-order valence-electron chi connectivity index (χ2n) is 12.6. The number of benzene rings is 5. The fraction of sp³-hybridized carbons (Fsp3) is 0.238. The van der Waals surface area contributed by atoms with Crippen LogP contribution in [-0.2, 0) is 6.11 Å². The van der Waals surface area contributed by atoms with Gasteiger partial charge in [0.2, 0.25) is 0 Å². The van der Waals surface area contributed by atoms with E-state index in [1.807, 2.05) is 76.2 Å². The first-order chi connectivity index (χ1) is 23.3. The van der Waals surface area contributed by atoms with E-state index in [2.05, 4.69) is 0 Å². The molecule has 1 aliphatic carbocycles. The third kappa shape index (κ3) is 9.38. The van der Waals surface area contributed by atoms with Gasteiger partial charge in [0.15, 0.2) is 0 Å². The second-order valence-corrected chi connectivity index (χ2v) is 12.6. The van der Waals surface area contributed by atoms with Crippen LogP contribution in [0.1, 0.15) is 48.4 Å². The number of alkyl halides is 4. The fourth-order valence-corrected chi connectivity index (χ4v) is 5.45. The van der Waals surface area contributed by atoms with E-state index < -0.39 is 23.6 Å². The van der Waals surface area contributed by atoms with Crippen LogP contribution in [0.4, 0.5) is 22.0 Å². The maximum atomic E-state index is 14.3. The maximum absolute atomic E-state index is 14.3. The third-order valence-corrected chi connectivity index (χ3v) is 8.45. The summed E-state index contributed by atoms with van der Waals surface area (Å²) in [5.74, 6) is -0.482. The van der Waals surface area contributed by atoms with Crippen LogP contribution in [-0.4, -0.2) is 6.11 Å². The zero-order chi connectivity index (χ0) is 35.2. The smallest absolute Gasteiger partial charge is 0.426 e. The largest absolute Gasteiger partial charge is 0.429 e. The van der Waals surface area contributed by atoms with Crippen LogP contribution in [0.3, 0.4) is 0 Å². The molecular weight excluding hydrogens is 631 g/mol. The molecule has 0 amide bonds. The molecule has 7 heteroatoms. The highest BCUT2D eigenvalue weighted by molar-refractivity contribution is 5.65. The Morgan fingerprint density at radius 2 is 0.857 bits per heavy atom. The average Bonchev–Trinajstić information content (AvgIpc) is 3.06. The fourth-order valence-electron chi connectivity index (χ4n) is 5.45. The zero-order valence-electron chi connectivity index (χ0n) is 28.0. The lowest BCUT2D eigenvalue weighted by Crippen LogP contribution is -2.30. The molecule has 0 aromatic heterocycles. The summed E-state index contributed by atoms with van der Waals surface area (Å²) in [7, 11) is 0. The van der Waals surface area contributed by atoms with Crippen molar-refractivity contribution in [3.63, 3.8) is 0 Å². The number of halogens is 5. The molecule has 49 heavy (non-hydrogen) atoms. The number of aryl methyl sites for hydroxylation is 3. The lowest BCUT2D eigenvalue weighted by atomic mass is 9.89. The van der Waals surface area contributed by atoms with E-state index in [1.54, 1.807) is 48.5 Å². The van der Waals surface area contributed by atoms with Crippen molar-refractivity contribution in [3.8, 4) is 33.8 Å². The topological polar surface area (TPSA) is 18.5 Å². The Morgan fingerprint density at radius 1 is 0.510 bits per heavy atom. The van der Waals surface area contributed by atoms with Crippen molar-refractivity contribution in [1.82, 2.24) is 0 Å². The highest BCUT2D eigenvalue weighted by Crippen LogP contribution is 2.40. The Balaban J connectivity index is 0.000000191. The first kappa shape index (κ1) is 35.4. The van der Waals surface area contributed by atoms with Crippen molar-refractivity contribution in [3.05, 3.63) is 155 Å². The van der Waals surface area contributed by atoms with E-state index in [0.717, 1.165) is 33.4 Å². The van der Waals surface area contributed by atoms with Crippen LogP contribution in [0.5, 0.6) is 11.5 Å². The van der Waals surface area contributed by atoms with Gasteiger partial charge in [-0.1, -0.05) is 109 Å². The third-order valence-electron chi connectivity index (χ3n) is 8.45. The van der Waals surface area contributed by atoms with Crippen molar-refractivity contribution >= 4 is 0 Å². The quantitative estimate of drug-likeness (QED) is 0.153. The summed E-state index contributed by atoms with van der Waals surface area (Å²) in [4.78, 5) is 0. The molecule has 0 fully saturated rings. The molecule has 0 radical (unpaired) electrons. The molecular formula is C42H39F5O2. The van der Waals surface area contributed by atoms with Gasteiger partial charge in [0.05, 0.1) is 11.1 Å². The Labute approximate surface area is 284 Å². The molecule has 0 spiro atoms. The Kier molecular flexibility index (Phi) is 10.9. The molecule has 1 unspecified atom stereocenters. The molecule has 1 aliphatic rings. The molecule has 254 valence electrons. The van der Waals surface area contributed by atoms with Crippen molar-refractivity contribution in [1.29, 1.82) is 0 Å². The second kappa shape index (κ2) is 15.1. The predicted molar refractivity (Wildman–Crippen MR) is 186 cm³/mol. The van der Waals surface area contributed by atoms with Gasteiger partial charge in [0.1, 0.15) is 17.3 Å². The van der Waals surface area contributed by atoms with Crippen molar-refractivity contribution in [2.45, 2.75) is 59.2 Å². The molecule has 0 heterocycles. The summed E-state index contributed by atoms with van der Waals surface area (Å²) >= 11 is 0. The average molecular weight is 671 g/mol.